The molecule has 4 rings (SSSR count). The van der Waals surface area contributed by atoms with Gasteiger partial charge >= 0.3 is 0 Å². The molecule has 1 aliphatic carbocycles. The van der Waals surface area contributed by atoms with Gasteiger partial charge in [-0.15, -0.1) is 10.2 Å². The van der Waals surface area contributed by atoms with E-state index in [1.807, 2.05) is 13.0 Å². The van der Waals surface area contributed by atoms with Crippen LogP contribution in [0.25, 0.3) is 17.1 Å². The Balaban J connectivity index is 1.85. The molecule has 1 aliphatic rings. The molecule has 0 amide bonds. The van der Waals surface area contributed by atoms with Gasteiger partial charge < -0.3 is 14.2 Å². The van der Waals surface area contributed by atoms with E-state index in [1.165, 1.54) is 14.2 Å². The first-order chi connectivity index (χ1) is 16.8. The number of nitrogens with zero attached hydrogens (tertiary/aromatic N) is 4. The highest BCUT2D eigenvalue weighted by Gasteiger charge is 2.39. The molecule has 1 fully saturated rings. The number of hydrogen-bond acceptors (Lipinski definition) is 8. The Hall–Kier alpha value is -3.18. The van der Waals surface area contributed by atoms with Gasteiger partial charge in [0.1, 0.15) is 22.4 Å². The largest absolute Gasteiger partial charge is 0.494 e. The molecule has 188 valence electrons. The summed E-state index contributed by atoms with van der Waals surface area (Å²) < 4.78 is 48.0. The van der Waals surface area contributed by atoms with Gasteiger partial charge in [0.2, 0.25) is 16.0 Å². The van der Waals surface area contributed by atoms with E-state index in [9.17, 15) is 8.42 Å². The summed E-state index contributed by atoms with van der Waals surface area (Å²) in [5.41, 5.74) is 2.04. The van der Waals surface area contributed by atoms with Crippen LogP contribution >= 0.6 is 0 Å². The minimum absolute atomic E-state index is 0.0135. The van der Waals surface area contributed by atoms with Gasteiger partial charge in [-0.25, -0.2) is 8.42 Å². The number of methoxy groups -OCH3 is 3. The maximum Gasteiger partial charge on any atom is 0.243 e. The Morgan fingerprint density at radius 1 is 1.09 bits per heavy atom. The van der Waals surface area contributed by atoms with E-state index in [0.29, 0.717) is 28.6 Å². The molecule has 2 atom stereocenters. The lowest BCUT2D eigenvalue weighted by Crippen LogP contribution is -2.43. The fourth-order valence-corrected chi connectivity index (χ4v) is 5.67. The van der Waals surface area contributed by atoms with Crippen molar-refractivity contribution in [3.63, 3.8) is 0 Å². The van der Waals surface area contributed by atoms with Crippen LogP contribution in [0.5, 0.6) is 11.5 Å². The minimum atomic E-state index is -3.89. The number of rotatable bonds is 10. The van der Waals surface area contributed by atoms with Crippen LogP contribution in [0.4, 0.5) is 5.95 Å². The predicted molar refractivity (Wildman–Crippen MR) is 133 cm³/mol. The monoisotopic (exact) mass is 501 g/mol. The zero-order valence-corrected chi connectivity index (χ0v) is 21.4. The number of pyridine rings is 1. The minimum Gasteiger partial charge on any atom is -0.494 e. The molecule has 3 aromatic rings. The molecule has 1 saturated carbocycles. The lowest BCUT2D eigenvalue weighted by molar-refractivity contribution is 0.0194. The zero-order valence-electron chi connectivity index (χ0n) is 20.6. The van der Waals surface area contributed by atoms with Crippen molar-refractivity contribution < 1.29 is 22.6 Å². The third-order valence-corrected chi connectivity index (χ3v) is 8.21. The number of hydrogen-bond donors (Lipinski definition) is 1. The average Bonchev–Trinajstić information content (AvgIpc) is 3.22. The summed E-state index contributed by atoms with van der Waals surface area (Å²) in [4.78, 5) is 4.26. The van der Waals surface area contributed by atoms with Gasteiger partial charge in [0.15, 0.2) is 5.82 Å². The normalized spacial score (nSPS) is 15.8. The SMILES string of the molecule is COc1cccc(OC)c1-n1c(NS(=O)(=O)C(C)C(OC)C2CCC2)nnc1-c1cncc(C)c1. The number of sulfonamides is 1. The molecule has 1 N–H and O–H groups in total. The van der Waals surface area contributed by atoms with Gasteiger partial charge in [-0.05, 0) is 56.4 Å². The van der Waals surface area contributed by atoms with Crippen molar-refractivity contribution in [3.8, 4) is 28.6 Å². The zero-order chi connectivity index (χ0) is 25.2. The molecular weight excluding hydrogens is 470 g/mol. The fourth-order valence-electron chi connectivity index (χ4n) is 4.41. The average molecular weight is 502 g/mol. The summed E-state index contributed by atoms with van der Waals surface area (Å²) in [6, 6.07) is 7.20. The molecule has 2 unspecified atom stereocenters. The summed E-state index contributed by atoms with van der Waals surface area (Å²) in [5, 5.41) is 7.75. The van der Waals surface area contributed by atoms with Crippen LogP contribution in [0, 0.1) is 12.8 Å². The number of benzene rings is 1. The van der Waals surface area contributed by atoms with E-state index in [1.54, 1.807) is 49.2 Å². The smallest absolute Gasteiger partial charge is 0.243 e. The Kier molecular flexibility index (Phi) is 7.27. The lowest BCUT2D eigenvalue weighted by atomic mass is 9.80. The summed E-state index contributed by atoms with van der Waals surface area (Å²) in [7, 11) is 0.731. The van der Waals surface area contributed by atoms with E-state index >= 15 is 0 Å². The van der Waals surface area contributed by atoms with Crippen molar-refractivity contribution in [2.75, 3.05) is 26.1 Å². The van der Waals surface area contributed by atoms with Crippen LogP contribution in [0.2, 0.25) is 0 Å². The van der Waals surface area contributed by atoms with E-state index in [-0.39, 0.29) is 11.9 Å². The van der Waals surface area contributed by atoms with Crippen molar-refractivity contribution in [1.29, 1.82) is 0 Å². The Labute approximate surface area is 205 Å². The molecule has 0 aliphatic heterocycles. The molecule has 11 heteroatoms. The van der Waals surface area contributed by atoms with Crippen molar-refractivity contribution in [3.05, 3.63) is 42.2 Å². The molecule has 2 aromatic heterocycles. The highest BCUT2D eigenvalue weighted by molar-refractivity contribution is 7.93. The number of ether oxygens (including phenoxy) is 3. The van der Waals surface area contributed by atoms with Crippen LogP contribution in [-0.2, 0) is 14.8 Å². The fraction of sp³-hybridized carbons (Fsp3) is 0.458. The van der Waals surface area contributed by atoms with Crippen LogP contribution in [0.15, 0.2) is 36.7 Å². The first-order valence-electron chi connectivity index (χ1n) is 11.4. The maximum atomic E-state index is 13.5. The van der Waals surface area contributed by atoms with E-state index in [2.05, 4.69) is 19.9 Å². The topological polar surface area (TPSA) is 117 Å². The van der Waals surface area contributed by atoms with Crippen LogP contribution < -0.4 is 14.2 Å². The van der Waals surface area contributed by atoms with Crippen molar-refractivity contribution in [2.45, 2.75) is 44.5 Å². The number of anilines is 1. The first kappa shape index (κ1) is 24.9. The molecule has 35 heavy (non-hydrogen) atoms. The summed E-state index contributed by atoms with van der Waals surface area (Å²) in [6.07, 6.45) is 5.95. The van der Waals surface area contributed by atoms with Crippen molar-refractivity contribution in [2.24, 2.45) is 5.92 Å². The van der Waals surface area contributed by atoms with Gasteiger partial charge in [-0.2, -0.15) is 0 Å². The molecule has 0 bridgehead atoms. The highest BCUT2D eigenvalue weighted by atomic mass is 32.2. The molecule has 1 aromatic carbocycles. The third kappa shape index (κ3) is 4.83. The molecule has 10 nitrogen and oxygen atoms in total. The van der Waals surface area contributed by atoms with Crippen molar-refractivity contribution in [1.82, 2.24) is 19.7 Å². The van der Waals surface area contributed by atoms with E-state index < -0.39 is 21.4 Å². The third-order valence-electron chi connectivity index (χ3n) is 6.49. The number of aryl methyl sites for hydroxylation is 1. The Morgan fingerprint density at radius 2 is 1.77 bits per heavy atom. The number of nitrogens with one attached hydrogen (secondary N) is 1. The maximum absolute atomic E-state index is 13.5. The van der Waals surface area contributed by atoms with E-state index in [0.717, 1.165) is 24.8 Å². The molecule has 0 radical (unpaired) electrons. The van der Waals surface area contributed by atoms with Crippen LogP contribution in [0.3, 0.4) is 0 Å². The van der Waals surface area contributed by atoms with Crippen LogP contribution in [-0.4, -0.2) is 60.8 Å². The second-order valence-corrected chi connectivity index (χ2v) is 10.7. The molecule has 0 spiro atoms. The first-order valence-corrected chi connectivity index (χ1v) is 13.0. The summed E-state index contributed by atoms with van der Waals surface area (Å²) in [6.45, 7) is 3.57. The van der Waals surface area contributed by atoms with Gasteiger partial charge in [0.25, 0.3) is 0 Å². The molecule has 2 heterocycles. The highest BCUT2D eigenvalue weighted by Crippen LogP contribution is 2.38. The van der Waals surface area contributed by atoms with Crippen molar-refractivity contribution >= 4 is 16.0 Å². The van der Waals surface area contributed by atoms with Gasteiger partial charge in [0, 0.05) is 25.1 Å². The number of aromatic nitrogens is 4. The predicted octanol–water partition coefficient (Wildman–Crippen LogP) is 3.60. The van der Waals surface area contributed by atoms with Gasteiger partial charge in [-0.3, -0.25) is 14.3 Å². The van der Waals surface area contributed by atoms with Crippen LogP contribution in [0.1, 0.15) is 31.7 Å². The summed E-state index contributed by atoms with van der Waals surface area (Å²) >= 11 is 0. The van der Waals surface area contributed by atoms with Gasteiger partial charge in [0.05, 0.1) is 20.3 Å². The molecule has 0 saturated heterocycles. The van der Waals surface area contributed by atoms with Gasteiger partial charge in [-0.1, -0.05) is 12.5 Å². The quantitative estimate of drug-likeness (QED) is 0.448. The molecular formula is C24H31N5O5S. The number of para-hydroxylation sites is 1. The second kappa shape index (κ2) is 10.2. The second-order valence-electron chi connectivity index (χ2n) is 8.69. The Morgan fingerprint density at radius 3 is 2.31 bits per heavy atom. The Bertz CT molecular complexity index is 1270. The standard InChI is InChI=1S/C24H31N5O5S/c1-15-12-18(14-25-13-15)23-26-27-24(29(23)21-19(32-3)10-7-11-20(21)33-4)28-35(30,31)16(2)22(34-5)17-8-6-9-17/h7,10-14,16-17,22H,6,8-9H2,1-5H3,(H,27,28). The summed E-state index contributed by atoms with van der Waals surface area (Å²) in [5.74, 6) is 1.54. The lowest BCUT2D eigenvalue weighted by Gasteiger charge is -2.35. The van der Waals surface area contributed by atoms with E-state index in [4.69, 9.17) is 14.2 Å².